The molecule has 0 fully saturated rings. The number of esters is 1. The highest BCUT2D eigenvalue weighted by Crippen LogP contribution is 2.33. The van der Waals surface area contributed by atoms with Gasteiger partial charge in [-0.25, -0.2) is 14.8 Å². The maximum absolute atomic E-state index is 12.4. The van der Waals surface area contributed by atoms with Crippen molar-refractivity contribution < 1.29 is 19.1 Å². The standard InChI is InChI=1S/C28H25N3O4/c1-20(28(33)34-2)31(23-11-7-4-8-12-23)27-25(17-32)26(29-19-30-27)22-13-15-24(16-14-22)35-18-21-9-5-3-6-10-21/h3-17,19-20H,18H2,1-2H3/t20-/m0/s1. The molecule has 7 heteroatoms. The first-order valence-corrected chi connectivity index (χ1v) is 11.1. The summed E-state index contributed by atoms with van der Waals surface area (Å²) in [7, 11) is 1.33. The minimum Gasteiger partial charge on any atom is -0.489 e. The van der Waals surface area contributed by atoms with Gasteiger partial charge in [0, 0.05) is 11.3 Å². The molecule has 176 valence electrons. The molecule has 3 aromatic carbocycles. The van der Waals surface area contributed by atoms with E-state index in [0.29, 0.717) is 35.8 Å². The number of nitrogens with zero attached hydrogens (tertiary/aromatic N) is 3. The fraction of sp³-hybridized carbons (Fsp3) is 0.143. The summed E-state index contributed by atoms with van der Waals surface area (Å²) in [6.45, 7) is 2.16. The minimum absolute atomic E-state index is 0.269. The van der Waals surface area contributed by atoms with Crippen LogP contribution in [0.5, 0.6) is 5.75 Å². The predicted molar refractivity (Wildman–Crippen MR) is 134 cm³/mol. The van der Waals surface area contributed by atoms with Gasteiger partial charge in [0.05, 0.1) is 18.4 Å². The number of hydrogen-bond donors (Lipinski definition) is 0. The van der Waals surface area contributed by atoms with E-state index in [-0.39, 0.29) is 5.56 Å². The predicted octanol–water partition coefficient (Wildman–Crippen LogP) is 5.23. The first kappa shape index (κ1) is 23.6. The molecule has 1 atom stereocenters. The van der Waals surface area contributed by atoms with Crippen molar-refractivity contribution in [3.63, 3.8) is 0 Å². The second-order valence-corrected chi connectivity index (χ2v) is 7.78. The highest BCUT2D eigenvalue weighted by atomic mass is 16.5. The Bertz CT molecular complexity index is 1280. The zero-order valence-corrected chi connectivity index (χ0v) is 19.5. The van der Waals surface area contributed by atoms with E-state index >= 15 is 0 Å². The highest BCUT2D eigenvalue weighted by Gasteiger charge is 2.28. The van der Waals surface area contributed by atoms with Crippen molar-refractivity contribution in [3.8, 4) is 17.0 Å². The van der Waals surface area contributed by atoms with E-state index < -0.39 is 12.0 Å². The van der Waals surface area contributed by atoms with Gasteiger partial charge in [-0.15, -0.1) is 0 Å². The third-order valence-corrected chi connectivity index (χ3v) is 5.55. The van der Waals surface area contributed by atoms with Gasteiger partial charge >= 0.3 is 5.97 Å². The van der Waals surface area contributed by atoms with Crippen LogP contribution in [-0.2, 0) is 16.1 Å². The number of carbonyl (C=O) groups excluding carboxylic acids is 2. The van der Waals surface area contributed by atoms with Crippen LogP contribution in [0.1, 0.15) is 22.8 Å². The molecule has 0 amide bonds. The maximum Gasteiger partial charge on any atom is 0.328 e. The lowest BCUT2D eigenvalue weighted by Crippen LogP contribution is -2.37. The number of benzene rings is 3. The van der Waals surface area contributed by atoms with E-state index in [4.69, 9.17) is 9.47 Å². The maximum atomic E-state index is 12.4. The van der Waals surface area contributed by atoms with Crippen LogP contribution in [0, 0.1) is 0 Å². The van der Waals surface area contributed by atoms with Gasteiger partial charge in [0.25, 0.3) is 0 Å². The number of ether oxygens (including phenoxy) is 2. The Hall–Kier alpha value is -4.52. The normalized spacial score (nSPS) is 11.4. The molecule has 0 spiro atoms. The molecule has 1 heterocycles. The first-order valence-electron chi connectivity index (χ1n) is 11.1. The molecule has 0 aliphatic rings. The second-order valence-electron chi connectivity index (χ2n) is 7.78. The van der Waals surface area contributed by atoms with E-state index in [2.05, 4.69) is 9.97 Å². The Labute approximate surface area is 204 Å². The smallest absolute Gasteiger partial charge is 0.328 e. The van der Waals surface area contributed by atoms with Crippen molar-refractivity contribution in [2.75, 3.05) is 12.0 Å². The van der Waals surface area contributed by atoms with Gasteiger partial charge in [-0.2, -0.15) is 0 Å². The molecule has 0 bridgehead atoms. The lowest BCUT2D eigenvalue weighted by Gasteiger charge is -2.29. The molecule has 4 rings (SSSR count). The summed E-state index contributed by atoms with van der Waals surface area (Å²) in [6, 6.07) is 25.8. The van der Waals surface area contributed by atoms with E-state index in [9.17, 15) is 9.59 Å². The third kappa shape index (κ3) is 5.35. The minimum atomic E-state index is -0.724. The van der Waals surface area contributed by atoms with E-state index in [0.717, 1.165) is 11.1 Å². The number of aromatic nitrogens is 2. The SMILES string of the molecule is COC(=O)[C@H](C)N(c1ccccc1)c1ncnc(-c2ccc(OCc3ccccc3)cc2)c1C=O. The molecular formula is C28H25N3O4. The Morgan fingerprint density at radius 2 is 1.60 bits per heavy atom. The topological polar surface area (TPSA) is 81.6 Å². The lowest BCUT2D eigenvalue weighted by molar-refractivity contribution is -0.141. The molecule has 0 saturated carbocycles. The molecule has 0 aliphatic carbocycles. The summed E-state index contributed by atoms with van der Waals surface area (Å²) in [4.78, 5) is 35.2. The number of para-hydroxylation sites is 1. The molecule has 7 nitrogen and oxygen atoms in total. The summed E-state index contributed by atoms with van der Waals surface area (Å²) >= 11 is 0. The molecule has 4 aromatic rings. The number of rotatable bonds is 9. The Morgan fingerprint density at radius 1 is 0.943 bits per heavy atom. The number of carbonyl (C=O) groups is 2. The van der Waals surface area contributed by atoms with Crippen LogP contribution in [0.15, 0.2) is 91.3 Å². The molecule has 0 aliphatic heterocycles. The number of anilines is 2. The summed E-state index contributed by atoms with van der Waals surface area (Å²) < 4.78 is 10.8. The number of aldehydes is 1. The van der Waals surface area contributed by atoms with E-state index in [1.807, 2.05) is 84.9 Å². The van der Waals surface area contributed by atoms with Crippen LogP contribution < -0.4 is 9.64 Å². The Morgan fingerprint density at radius 3 is 2.23 bits per heavy atom. The quantitative estimate of drug-likeness (QED) is 0.246. The molecule has 0 N–H and O–H groups in total. The molecule has 0 saturated heterocycles. The molecular weight excluding hydrogens is 442 g/mol. The highest BCUT2D eigenvalue weighted by molar-refractivity contribution is 5.95. The van der Waals surface area contributed by atoms with Crippen molar-refractivity contribution in [1.82, 2.24) is 9.97 Å². The van der Waals surface area contributed by atoms with Crippen molar-refractivity contribution in [1.29, 1.82) is 0 Å². The lowest BCUT2D eigenvalue weighted by atomic mass is 10.1. The van der Waals surface area contributed by atoms with Gasteiger partial charge in [-0.1, -0.05) is 48.5 Å². The number of hydrogen-bond acceptors (Lipinski definition) is 7. The van der Waals surface area contributed by atoms with Crippen molar-refractivity contribution in [2.24, 2.45) is 0 Å². The summed E-state index contributed by atoms with van der Waals surface area (Å²) in [5, 5.41) is 0. The third-order valence-electron chi connectivity index (χ3n) is 5.55. The first-order chi connectivity index (χ1) is 17.1. The average molecular weight is 468 g/mol. The summed E-state index contributed by atoms with van der Waals surface area (Å²) in [5.41, 5.74) is 3.22. The van der Waals surface area contributed by atoms with Crippen LogP contribution >= 0.6 is 0 Å². The van der Waals surface area contributed by atoms with Gasteiger partial charge in [-0.05, 0) is 48.9 Å². The van der Waals surface area contributed by atoms with Gasteiger partial charge < -0.3 is 14.4 Å². The van der Waals surface area contributed by atoms with Gasteiger partial charge in [0.1, 0.15) is 30.5 Å². The summed E-state index contributed by atoms with van der Waals surface area (Å²) in [6.07, 6.45) is 2.10. The Kier molecular flexibility index (Phi) is 7.47. The van der Waals surface area contributed by atoms with Gasteiger partial charge in [-0.3, -0.25) is 4.79 Å². The second kappa shape index (κ2) is 11.1. The molecule has 0 radical (unpaired) electrons. The van der Waals surface area contributed by atoms with E-state index in [1.165, 1.54) is 13.4 Å². The van der Waals surface area contributed by atoms with Crippen LogP contribution in [0.4, 0.5) is 11.5 Å². The van der Waals surface area contributed by atoms with Crippen LogP contribution in [0.25, 0.3) is 11.3 Å². The van der Waals surface area contributed by atoms with Gasteiger partial charge in [0.2, 0.25) is 0 Å². The largest absolute Gasteiger partial charge is 0.489 e. The zero-order valence-electron chi connectivity index (χ0n) is 19.5. The number of methoxy groups -OCH3 is 1. The van der Waals surface area contributed by atoms with Crippen molar-refractivity contribution >= 4 is 23.8 Å². The fourth-order valence-electron chi connectivity index (χ4n) is 3.76. The van der Waals surface area contributed by atoms with Crippen molar-refractivity contribution in [3.05, 3.63) is 102 Å². The molecule has 0 unspecified atom stereocenters. The van der Waals surface area contributed by atoms with Gasteiger partial charge in [0.15, 0.2) is 6.29 Å². The fourth-order valence-corrected chi connectivity index (χ4v) is 3.76. The van der Waals surface area contributed by atoms with E-state index in [1.54, 1.807) is 11.8 Å². The van der Waals surface area contributed by atoms with Crippen LogP contribution in [0.3, 0.4) is 0 Å². The molecule has 35 heavy (non-hydrogen) atoms. The van der Waals surface area contributed by atoms with Crippen LogP contribution in [-0.4, -0.2) is 35.4 Å². The molecule has 1 aromatic heterocycles. The summed E-state index contributed by atoms with van der Waals surface area (Å²) in [5.74, 6) is 0.564. The Balaban J connectivity index is 1.68. The van der Waals surface area contributed by atoms with Crippen LogP contribution in [0.2, 0.25) is 0 Å². The monoisotopic (exact) mass is 467 g/mol. The van der Waals surface area contributed by atoms with Crippen molar-refractivity contribution in [2.45, 2.75) is 19.6 Å². The average Bonchev–Trinajstić information content (AvgIpc) is 2.93. The zero-order chi connectivity index (χ0) is 24.6.